The minimum atomic E-state index is -0.327. The van der Waals surface area contributed by atoms with Gasteiger partial charge in [0.15, 0.2) is 0 Å². The zero-order valence-corrected chi connectivity index (χ0v) is 9.02. The van der Waals surface area contributed by atoms with Gasteiger partial charge in [-0.1, -0.05) is 18.2 Å². The Balaban J connectivity index is 2.86. The molecule has 0 atom stereocenters. The van der Waals surface area contributed by atoms with Crippen LogP contribution in [0.3, 0.4) is 0 Å². The van der Waals surface area contributed by atoms with Crippen molar-refractivity contribution >= 4 is 18.0 Å². The van der Waals surface area contributed by atoms with Crippen molar-refractivity contribution in [2.75, 3.05) is 0 Å². The molecule has 0 saturated carbocycles. The summed E-state index contributed by atoms with van der Waals surface area (Å²) >= 11 is 1.60. The molecule has 1 rings (SSSR count). The summed E-state index contributed by atoms with van der Waals surface area (Å²) in [4.78, 5) is 11.9. The summed E-state index contributed by atoms with van der Waals surface area (Å²) in [5.41, 5.74) is 1.22. The number of carbonyl (C=O) groups excluding carboxylic acids is 1. The maximum Gasteiger partial charge on any atom is 0.135 e. The number of benzene rings is 1. The highest BCUT2D eigenvalue weighted by Crippen LogP contribution is 2.32. The normalized spacial score (nSPS) is 11.3. The highest BCUT2D eigenvalue weighted by atomic mass is 32.2. The largest absolute Gasteiger partial charge is 0.302 e. The van der Waals surface area contributed by atoms with Gasteiger partial charge >= 0.3 is 0 Å². The van der Waals surface area contributed by atoms with E-state index >= 15 is 0 Å². The Morgan fingerprint density at radius 2 is 1.92 bits per heavy atom. The van der Waals surface area contributed by atoms with Gasteiger partial charge in [-0.25, -0.2) is 0 Å². The van der Waals surface area contributed by atoms with Crippen molar-refractivity contribution in [1.82, 2.24) is 0 Å². The van der Waals surface area contributed by atoms with Crippen molar-refractivity contribution in [1.29, 1.82) is 0 Å². The molecule has 0 amide bonds. The summed E-state index contributed by atoms with van der Waals surface area (Å²) in [5.74, 6) is 0. The molecule has 0 bridgehead atoms. The first-order valence-electron chi connectivity index (χ1n) is 4.26. The molecule has 0 aliphatic rings. The van der Waals surface area contributed by atoms with Crippen LogP contribution in [-0.4, -0.2) is 11.0 Å². The first-order chi connectivity index (χ1) is 6.05. The van der Waals surface area contributed by atoms with Crippen molar-refractivity contribution in [3.8, 4) is 0 Å². The van der Waals surface area contributed by atoms with E-state index in [4.69, 9.17) is 0 Å². The Bertz CT molecular complexity index is 305. The number of aryl methyl sites for hydroxylation is 1. The van der Waals surface area contributed by atoms with Crippen LogP contribution < -0.4 is 0 Å². The van der Waals surface area contributed by atoms with Crippen LogP contribution in [0.4, 0.5) is 0 Å². The number of thioether (sulfide) groups is 1. The summed E-state index contributed by atoms with van der Waals surface area (Å²) < 4.78 is -0.327. The Hall–Kier alpha value is -0.760. The maximum atomic E-state index is 10.7. The van der Waals surface area contributed by atoms with Gasteiger partial charge < -0.3 is 4.79 Å². The molecule has 2 heteroatoms. The number of rotatable bonds is 3. The molecule has 0 aliphatic heterocycles. The van der Waals surface area contributed by atoms with Crippen molar-refractivity contribution in [2.24, 2.45) is 0 Å². The third-order valence-electron chi connectivity index (χ3n) is 1.75. The van der Waals surface area contributed by atoms with E-state index in [2.05, 4.69) is 13.0 Å². The number of hydrogen-bond donors (Lipinski definition) is 0. The Morgan fingerprint density at radius 1 is 1.31 bits per heavy atom. The Morgan fingerprint density at radius 3 is 2.46 bits per heavy atom. The van der Waals surface area contributed by atoms with Crippen molar-refractivity contribution in [2.45, 2.75) is 30.4 Å². The van der Waals surface area contributed by atoms with E-state index in [1.165, 1.54) is 10.5 Å². The SMILES string of the molecule is Cc1ccccc1SC(C)(C)C=O. The molecule has 13 heavy (non-hydrogen) atoms. The molecule has 1 nitrogen and oxygen atoms in total. The van der Waals surface area contributed by atoms with Gasteiger partial charge in [-0.2, -0.15) is 0 Å². The van der Waals surface area contributed by atoms with Crippen LogP contribution >= 0.6 is 11.8 Å². The fourth-order valence-corrected chi connectivity index (χ4v) is 1.97. The monoisotopic (exact) mass is 194 g/mol. The van der Waals surface area contributed by atoms with Gasteiger partial charge in [0, 0.05) is 4.90 Å². The third kappa shape index (κ3) is 2.88. The summed E-state index contributed by atoms with van der Waals surface area (Å²) in [7, 11) is 0. The van der Waals surface area contributed by atoms with Crippen LogP contribution in [-0.2, 0) is 4.79 Å². The average Bonchev–Trinajstić information content (AvgIpc) is 2.09. The lowest BCUT2D eigenvalue weighted by Gasteiger charge is -2.17. The molecular formula is C11H14OS. The van der Waals surface area contributed by atoms with Gasteiger partial charge in [0.05, 0.1) is 4.75 Å². The van der Waals surface area contributed by atoms with E-state index in [0.29, 0.717) is 0 Å². The standard InChI is InChI=1S/C11H14OS/c1-9-6-4-5-7-10(9)13-11(2,3)8-12/h4-8H,1-3H3. The number of carbonyl (C=O) groups is 1. The molecule has 0 aliphatic carbocycles. The number of hydrogen-bond acceptors (Lipinski definition) is 2. The second-order valence-electron chi connectivity index (χ2n) is 3.59. The molecule has 0 aromatic heterocycles. The summed E-state index contributed by atoms with van der Waals surface area (Å²) in [5, 5.41) is 0. The second kappa shape index (κ2) is 3.97. The highest BCUT2D eigenvalue weighted by Gasteiger charge is 2.18. The fraction of sp³-hybridized carbons (Fsp3) is 0.364. The predicted molar refractivity (Wildman–Crippen MR) is 57.2 cm³/mol. The van der Waals surface area contributed by atoms with Gasteiger partial charge in [-0.15, -0.1) is 11.8 Å². The van der Waals surface area contributed by atoms with Crippen LogP contribution in [0.5, 0.6) is 0 Å². The Kier molecular flexibility index (Phi) is 3.15. The van der Waals surface area contributed by atoms with Gasteiger partial charge in [0.25, 0.3) is 0 Å². The molecule has 0 fully saturated rings. The van der Waals surface area contributed by atoms with E-state index < -0.39 is 0 Å². The minimum absolute atomic E-state index is 0.327. The third-order valence-corrected chi connectivity index (χ3v) is 3.05. The summed E-state index contributed by atoms with van der Waals surface area (Å²) in [6, 6.07) is 8.11. The van der Waals surface area contributed by atoms with E-state index in [1.807, 2.05) is 32.0 Å². The zero-order chi connectivity index (χ0) is 9.90. The maximum absolute atomic E-state index is 10.7. The zero-order valence-electron chi connectivity index (χ0n) is 8.20. The van der Waals surface area contributed by atoms with Crippen LogP contribution in [0, 0.1) is 6.92 Å². The molecule has 0 radical (unpaired) electrons. The molecule has 0 N–H and O–H groups in total. The van der Waals surface area contributed by atoms with Crippen molar-refractivity contribution < 1.29 is 4.79 Å². The topological polar surface area (TPSA) is 17.1 Å². The van der Waals surface area contributed by atoms with Gasteiger partial charge in [0.1, 0.15) is 6.29 Å². The average molecular weight is 194 g/mol. The van der Waals surface area contributed by atoms with Gasteiger partial charge in [-0.05, 0) is 32.4 Å². The molecule has 0 spiro atoms. The molecular weight excluding hydrogens is 180 g/mol. The molecule has 1 aromatic rings. The Labute approximate surface area is 83.5 Å². The highest BCUT2D eigenvalue weighted by molar-refractivity contribution is 8.01. The van der Waals surface area contributed by atoms with E-state index in [1.54, 1.807) is 11.8 Å². The van der Waals surface area contributed by atoms with Crippen LogP contribution in [0.2, 0.25) is 0 Å². The number of aldehydes is 1. The second-order valence-corrected chi connectivity index (χ2v) is 5.29. The van der Waals surface area contributed by atoms with Crippen LogP contribution in [0.1, 0.15) is 19.4 Å². The van der Waals surface area contributed by atoms with Crippen molar-refractivity contribution in [3.63, 3.8) is 0 Å². The quantitative estimate of drug-likeness (QED) is 0.543. The van der Waals surface area contributed by atoms with Crippen LogP contribution in [0.15, 0.2) is 29.2 Å². The molecule has 0 unspecified atom stereocenters. The van der Waals surface area contributed by atoms with Crippen molar-refractivity contribution in [3.05, 3.63) is 29.8 Å². The molecule has 0 saturated heterocycles. The molecule has 70 valence electrons. The van der Waals surface area contributed by atoms with Gasteiger partial charge in [-0.3, -0.25) is 0 Å². The first kappa shape index (κ1) is 10.3. The van der Waals surface area contributed by atoms with E-state index in [-0.39, 0.29) is 4.75 Å². The van der Waals surface area contributed by atoms with Gasteiger partial charge in [0.2, 0.25) is 0 Å². The first-order valence-corrected chi connectivity index (χ1v) is 5.08. The molecule has 0 heterocycles. The lowest BCUT2D eigenvalue weighted by Crippen LogP contribution is -2.15. The smallest absolute Gasteiger partial charge is 0.135 e. The van der Waals surface area contributed by atoms with E-state index in [0.717, 1.165) is 6.29 Å². The predicted octanol–water partition coefficient (Wildman–Crippen LogP) is 3.06. The minimum Gasteiger partial charge on any atom is -0.302 e. The molecule has 1 aromatic carbocycles. The van der Waals surface area contributed by atoms with E-state index in [9.17, 15) is 4.79 Å². The summed E-state index contributed by atoms with van der Waals surface area (Å²) in [6.45, 7) is 5.91. The lowest BCUT2D eigenvalue weighted by molar-refractivity contribution is -0.109. The summed E-state index contributed by atoms with van der Waals surface area (Å²) in [6.07, 6.45) is 0.990. The fourth-order valence-electron chi connectivity index (χ4n) is 0.978. The lowest BCUT2D eigenvalue weighted by atomic mass is 10.2. The van der Waals surface area contributed by atoms with Crippen LogP contribution in [0.25, 0.3) is 0 Å².